The maximum Gasteiger partial charge on any atom is 0.305 e. The van der Waals surface area contributed by atoms with Crippen LogP contribution in [-0.2, 0) is 4.79 Å². The van der Waals surface area contributed by atoms with E-state index in [4.69, 9.17) is 5.11 Å². The van der Waals surface area contributed by atoms with Crippen LogP contribution < -0.4 is 0 Å². The first-order valence-electron chi connectivity index (χ1n) is 8.62. The number of rotatable bonds is 7. The van der Waals surface area contributed by atoms with Crippen LogP contribution >= 0.6 is 0 Å². The molecule has 0 bridgehead atoms. The third-order valence-electron chi connectivity index (χ3n) is 5.18. The monoisotopic (exact) mass is 340 g/mol. The molecule has 0 heterocycles. The molecule has 0 amide bonds. The summed E-state index contributed by atoms with van der Waals surface area (Å²) in [7, 11) is 0. The third kappa shape index (κ3) is 4.89. The number of fused-ring (bicyclic) bond motifs is 1. The predicted molar refractivity (Wildman–Crippen MR) is 88.1 cm³/mol. The highest BCUT2D eigenvalue weighted by Crippen LogP contribution is 2.42. The summed E-state index contributed by atoms with van der Waals surface area (Å²) in [5.41, 5.74) is 0.949. The van der Waals surface area contributed by atoms with Crippen molar-refractivity contribution in [3.05, 3.63) is 23.8 Å². The Morgan fingerprint density at radius 2 is 2.00 bits per heavy atom. The van der Waals surface area contributed by atoms with Gasteiger partial charge in [0.15, 0.2) is 0 Å². The molecular weight excluding hydrogens is 312 g/mol. The van der Waals surface area contributed by atoms with Gasteiger partial charge in [-0.2, -0.15) is 0 Å². The van der Waals surface area contributed by atoms with Crippen LogP contribution in [0.4, 0.5) is 0 Å². The molecule has 0 aromatic rings. The first-order valence-corrected chi connectivity index (χ1v) is 8.62. The lowest BCUT2D eigenvalue weighted by molar-refractivity contribution is -0.139. The Kier molecular flexibility index (Phi) is 6.57. The fourth-order valence-corrected chi connectivity index (χ4v) is 3.99. The van der Waals surface area contributed by atoms with E-state index < -0.39 is 30.4 Å². The van der Waals surface area contributed by atoms with Gasteiger partial charge in [-0.15, -0.1) is 0 Å². The van der Waals surface area contributed by atoms with E-state index in [1.165, 1.54) is 0 Å². The van der Waals surface area contributed by atoms with Crippen molar-refractivity contribution in [1.82, 2.24) is 0 Å². The van der Waals surface area contributed by atoms with Crippen molar-refractivity contribution in [2.24, 2.45) is 17.8 Å². The quantitative estimate of drug-likeness (QED) is 0.469. The van der Waals surface area contributed by atoms with E-state index >= 15 is 0 Å². The summed E-state index contributed by atoms with van der Waals surface area (Å²) in [5.74, 6) is -0.743. The molecule has 7 atom stereocenters. The molecule has 5 N–H and O–H groups in total. The molecule has 2 aliphatic carbocycles. The van der Waals surface area contributed by atoms with Crippen LogP contribution in [0.5, 0.6) is 0 Å². The summed E-state index contributed by atoms with van der Waals surface area (Å²) in [4.78, 5) is 10.6. The zero-order valence-electron chi connectivity index (χ0n) is 14.0. The number of hydrogen-bond acceptors (Lipinski definition) is 5. The first-order chi connectivity index (χ1) is 11.3. The lowest BCUT2D eigenvalue weighted by Crippen LogP contribution is -2.40. The number of hydrogen-bond donors (Lipinski definition) is 5. The van der Waals surface area contributed by atoms with Crippen molar-refractivity contribution < 1.29 is 30.3 Å². The molecule has 0 spiro atoms. The van der Waals surface area contributed by atoms with Gasteiger partial charge in [-0.3, -0.25) is 4.79 Å². The van der Waals surface area contributed by atoms with Crippen molar-refractivity contribution in [2.75, 3.05) is 0 Å². The van der Waals surface area contributed by atoms with Gasteiger partial charge < -0.3 is 25.5 Å². The van der Waals surface area contributed by atoms with Gasteiger partial charge in [0, 0.05) is 12.3 Å². The highest BCUT2D eigenvalue weighted by molar-refractivity contribution is 5.67. The summed E-state index contributed by atoms with van der Waals surface area (Å²) >= 11 is 0. The Balaban J connectivity index is 1.94. The Labute approximate surface area is 142 Å². The second-order valence-electron chi connectivity index (χ2n) is 7.16. The Morgan fingerprint density at radius 3 is 2.67 bits per heavy atom. The molecule has 136 valence electrons. The molecule has 0 saturated carbocycles. The van der Waals surface area contributed by atoms with Crippen molar-refractivity contribution in [3.63, 3.8) is 0 Å². The summed E-state index contributed by atoms with van der Waals surface area (Å²) in [5, 5.41) is 48.5. The standard InChI is InChI=1S/C18H28O6/c1-10-2-3-11-6-13(20)8-16(22)18(11)15(10)5-4-12(19)7-14(21)9-17(23)24/h2-3,6,10,12-16,18-22H,4-5,7-9H2,1H3,(H,23,24)/t10-,12?,13+,14?,15-,16-,18-/m0/s1. The number of allylic oxidation sites excluding steroid dienone is 2. The number of aliphatic hydroxyl groups is 4. The smallest absolute Gasteiger partial charge is 0.305 e. The van der Waals surface area contributed by atoms with Gasteiger partial charge in [0.2, 0.25) is 0 Å². The maximum atomic E-state index is 10.6. The average molecular weight is 340 g/mol. The van der Waals surface area contributed by atoms with Gasteiger partial charge in [0.05, 0.1) is 30.8 Å². The molecule has 2 rings (SSSR count). The predicted octanol–water partition coefficient (Wildman–Crippen LogP) is 0.843. The van der Waals surface area contributed by atoms with Crippen LogP contribution in [0, 0.1) is 17.8 Å². The van der Waals surface area contributed by atoms with Gasteiger partial charge >= 0.3 is 5.97 Å². The molecule has 6 nitrogen and oxygen atoms in total. The van der Waals surface area contributed by atoms with E-state index in [9.17, 15) is 25.2 Å². The molecule has 2 unspecified atom stereocenters. The largest absolute Gasteiger partial charge is 0.481 e. The fourth-order valence-electron chi connectivity index (χ4n) is 3.99. The Morgan fingerprint density at radius 1 is 1.29 bits per heavy atom. The zero-order chi connectivity index (χ0) is 17.9. The highest BCUT2D eigenvalue weighted by Gasteiger charge is 2.39. The Bertz CT molecular complexity index is 500. The molecule has 6 heteroatoms. The molecule has 0 aliphatic heterocycles. The molecule has 0 radical (unpaired) electrons. The van der Waals surface area contributed by atoms with E-state index in [1.54, 1.807) is 6.08 Å². The number of aliphatic carboxylic acids is 1. The topological polar surface area (TPSA) is 118 Å². The number of carboxylic acids is 1. The summed E-state index contributed by atoms with van der Waals surface area (Å²) < 4.78 is 0. The lowest BCUT2D eigenvalue weighted by Gasteiger charge is -2.41. The van der Waals surface area contributed by atoms with Crippen LogP contribution in [0.25, 0.3) is 0 Å². The van der Waals surface area contributed by atoms with Gasteiger partial charge in [-0.1, -0.05) is 25.2 Å². The van der Waals surface area contributed by atoms with Gasteiger partial charge in [0.1, 0.15) is 0 Å². The fraction of sp³-hybridized carbons (Fsp3) is 0.722. The van der Waals surface area contributed by atoms with E-state index in [2.05, 4.69) is 13.0 Å². The molecule has 0 aromatic heterocycles. The number of carboxylic acid groups (broad SMARTS) is 1. The van der Waals surface area contributed by atoms with Gasteiger partial charge in [0.25, 0.3) is 0 Å². The van der Waals surface area contributed by atoms with Crippen LogP contribution in [0.3, 0.4) is 0 Å². The van der Waals surface area contributed by atoms with E-state index in [0.29, 0.717) is 19.3 Å². The number of aliphatic hydroxyl groups excluding tert-OH is 4. The summed E-state index contributed by atoms with van der Waals surface area (Å²) in [6.07, 6.45) is 3.87. The van der Waals surface area contributed by atoms with Crippen molar-refractivity contribution >= 4 is 5.97 Å². The molecule has 0 aromatic carbocycles. The average Bonchev–Trinajstić information content (AvgIpc) is 2.45. The van der Waals surface area contributed by atoms with E-state index in [-0.39, 0.29) is 30.6 Å². The van der Waals surface area contributed by atoms with Gasteiger partial charge in [-0.25, -0.2) is 0 Å². The maximum absolute atomic E-state index is 10.6. The summed E-state index contributed by atoms with van der Waals surface area (Å²) in [6, 6.07) is 0. The molecular formula is C18H28O6. The minimum atomic E-state index is -1.08. The van der Waals surface area contributed by atoms with Crippen LogP contribution in [-0.4, -0.2) is 55.9 Å². The van der Waals surface area contributed by atoms with Crippen molar-refractivity contribution in [3.8, 4) is 0 Å². The van der Waals surface area contributed by atoms with Crippen LogP contribution in [0.1, 0.15) is 39.0 Å². The normalized spacial score (nSPS) is 35.0. The lowest BCUT2D eigenvalue weighted by atomic mass is 9.66. The minimum Gasteiger partial charge on any atom is -0.481 e. The van der Waals surface area contributed by atoms with Gasteiger partial charge in [-0.05, 0) is 36.7 Å². The van der Waals surface area contributed by atoms with E-state index in [0.717, 1.165) is 5.57 Å². The van der Waals surface area contributed by atoms with Crippen molar-refractivity contribution in [1.29, 1.82) is 0 Å². The minimum absolute atomic E-state index is 0.0396. The second-order valence-corrected chi connectivity index (χ2v) is 7.16. The van der Waals surface area contributed by atoms with Crippen LogP contribution in [0.15, 0.2) is 23.8 Å². The molecule has 0 fully saturated rings. The number of carbonyl (C=O) groups is 1. The summed E-state index contributed by atoms with van der Waals surface area (Å²) in [6.45, 7) is 2.07. The van der Waals surface area contributed by atoms with E-state index in [1.807, 2.05) is 6.08 Å². The Hall–Kier alpha value is -1.21. The first kappa shape index (κ1) is 19.1. The molecule has 24 heavy (non-hydrogen) atoms. The SMILES string of the molecule is C[C@H]1C=CC2=C[C@@H](O)C[C@H](O)[C@@H]2[C@H]1CCC(O)CC(O)CC(=O)O. The molecule has 2 aliphatic rings. The second kappa shape index (κ2) is 8.25. The third-order valence-corrected chi connectivity index (χ3v) is 5.18. The van der Waals surface area contributed by atoms with Crippen LogP contribution in [0.2, 0.25) is 0 Å². The highest BCUT2D eigenvalue weighted by atomic mass is 16.4. The molecule has 0 saturated heterocycles. The van der Waals surface area contributed by atoms with Crippen molar-refractivity contribution in [2.45, 2.75) is 63.4 Å². The zero-order valence-corrected chi connectivity index (χ0v) is 14.0.